The highest BCUT2D eigenvalue weighted by molar-refractivity contribution is 5.98. The number of fused-ring (bicyclic) bond motifs is 1. The van der Waals surface area contributed by atoms with Crippen LogP contribution in [0.1, 0.15) is 18.4 Å². The Morgan fingerprint density at radius 1 is 1.03 bits per heavy atom. The van der Waals surface area contributed by atoms with Crippen LogP contribution in [0.2, 0.25) is 0 Å². The number of H-pyrrole nitrogens is 1. The summed E-state index contributed by atoms with van der Waals surface area (Å²) in [5.74, 6) is 0.644. The number of nitrogens with zero attached hydrogens (tertiary/aromatic N) is 2. The zero-order valence-corrected chi connectivity index (χ0v) is 16.5. The van der Waals surface area contributed by atoms with Gasteiger partial charge in [-0.2, -0.15) is 5.26 Å². The van der Waals surface area contributed by atoms with Gasteiger partial charge in [0, 0.05) is 47.4 Å². The van der Waals surface area contributed by atoms with Gasteiger partial charge in [-0.25, -0.2) is 0 Å². The zero-order chi connectivity index (χ0) is 20.3. The molecule has 1 aliphatic heterocycles. The van der Waals surface area contributed by atoms with Gasteiger partial charge < -0.3 is 14.5 Å². The minimum atomic E-state index is 0.104. The van der Waals surface area contributed by atoms with E-state index in [-0.39, 0.29) is 6.10 Å². The number of aromatic nitrogens is 2. The molecular weight excluding hydrogens is 374 g/mol. The maximum Gasteiger partial charge on any atom is 0.137 e. The van der Waals surface area contributed by atoms with Gasteiger partial charge in [-0.05, 0) is 47.5 Å². The van der Waals surface area contributed by atoms with Crippen molar-refractivity contribution in [3.8, 4) is 34.2 Å². The molecule has 5 rings (SSSR count). The van der Waals surface area contributed by atoms with Crippen LogP contribution in [0.15, 0.2) is 67.0 Å². The maximum atomic E-state index is 9.72. The highest BCUT2D eigenvalue weighted by atomic mass is 16.5. The second-order valence-corrected chi connectivity index (χ2v) is 7.44. The van der Waals surface area contributed by atoms with Crippen LogP contribution in [0, 0.1) is 11.3 Å². The Kier molecular flexibility index (Phi) is 4.92. The van der Waals surface area contributed by atoms with Gasteiger partial charge in [0.25, 0.3) is 0 Å². The fourth-order valence-electron chi connectivity index (χ4n) is 3.95. The topological polar surface area (TPSA) is 70.9 Å². The predicted octanol–water partition coefficient (Wildman–Crippen LogP) is 5.33. The quantitative estimate of drug-likeness (QED) is 0.507. The number of benzene rings is 2. The van der Waals surface area contributed by atoms with Gasteiger partial charge >= 0.3 is 0 Å². The average molecular weight is 395 g/mol. The second-order valence-electron chi connectivity index (χ2n) is 7.44. The first-order valence-electron chi connectivity index (χ1n) is 10.1. The minimum Gasteiger partial charge on any atom is -0.489 e. The first-order valence-corrected chi connectivity index (χ1v) is 10.1. The third kappa shape index (κ3) is 3.54. The summed E-state index contributed by atoms with van der Waals surface area (Å²) in [5.41, 5.74) is 5.73. The Bertz CT molecular complexity index is 1220. The van der Waals surface area contributed by atoms with Crippen LogP contribution in [0.5, 0.6) is 5.75 Å². The lowest BCUT2D eigenvalue weighted by Crippen LogP contribution is -2.26. The Morgan fingerprint density at radius 3 is 2.73 bits per heavy atom. The molecule has 0 saturated carbocycles. The van der Waals surface area contributed by atoms with Gasteiger partial charge in [-0.1, -0.05) is 18.2 Å². The Morgan fingerprint density at radius 2 is 1.93 bits per heavy atom. The third-order valence-electron chi connectivity index (χ3n) is 5.51. The number of nitrogens with one attached hydrogen (secondary N) is 1. The monoisotopic (exact) mass is 395 g/mol. The van der Waals surface area contributed by atoms with E-state index in [0.29, 0.717) is 24.5 Å². The molecule has 0 amide bonds. The molecule has 3 heterocycles. The van der Waals surface area contributed by atoms with Crippen molar-refractivity contribution < 1.29 is 9.47 Å². The van der Waals surface area contributed by atoms with Crippen molar-refractivity contribution >= 4 is 10.9 Å². The van der Waals surface area contributed by atoms with Gasteiger partial charge in [-0.15, -0.1) is 0 Å². The standard InChI is InChI=1S/C25H21N3O2/c26-15-19-13-17(6-7-25(19)30-20-8-11-29-12-9-20)21-4-1-5-23-22(21)14-24(28-23)18-3-2-10-27-16-18/h1-7,10,13-14,16,20,28H,8-9,11-12H2. The summed E-state index contributed by atoms with van der Waals surface area (Å²) >= 11 is 0. The summed E-state index contributed by atoms with van der Waals surface area (Å²) in [7, 11) is 0. The Labute approximate surface area is 174 Å². The zero-order valence-electron chi connectivity index (χ0n) is 16.5. The van der Waals surface area contributed by atoms with Gasteiger partial charge in [0.1, 0.15) is 17.9 Å². The molecule has 0 unspecified atom stereocenters. The summed E-state index contributed by atoms with van der Waals surface area (Å²) < 4.78 is 11.5. The lowest BCUT2D eigenvalue weighted by molar-refractivity contribution is 0.0254. The van der Waals surface area contributed by atoms with Crippen LogP contribution in [0.4, 0.5) is 0 Å². The van der Waals surface area contributed by atoms with Crippen molar-refractivity contribution in [2.24, 2.45) is 0 Å². The van der Waals surface area contributed by atoms with Crippen molar-refractivity contribution in [3.63, 3.8) is 0 Å². The molecule has 1 aliphatic rings. The fraction of sp³-hybridized carbons (Fsp3) is 0.200. The molecule has 0 bridgehead atoms. The van der Waals surface area contributed by atoms with E-state index in [1.807, 2.05) is 42.6 Å². The molecule has 0 atom stereocenters. The van der Waals surface area contributed by atoms with Gasteiger partial charge in [0.2, 0.25) is 0 Å². The normalized spacial score (nSPS) is 14.5. The number of rotatable bonds is 4. The molecule has 1 fully saturated rings. The molecule has 2 aromatic carbocycles. The minimum absolute atomic E-state index is 0.104. The van der Waals surface area contributed by atoms with Crippen LogP contribution in [0.25, 0.3) is 33.3 Å². The van der Waals surface area contributed by atoms with Gasteiger partial charge in [-0.3, -0.25) is 4.98 Å². The maximum absolute atomic E-state index is 9.72. The molecular formula is C25H21N3O2. The van der Waals surface area contributed by atoms with Crippen molar-refractivity contribution in [3.05, 3.63) is 72.6 Å². The number of hydrogen-bond donors (Lipinski definition) is 1. The highest BCUT2D eigenvalue weighted by Gasteiger charge is 2.18. The molecule has 0 spiro atoms. The first-order chi connectivity index (χ1) is 14.8. The molecule has 1 saturated heterocycles. The third-order valence-corrected chi connectivity index (χ3v) is 5.51. The first kappa shape index (κ1) is 18.4. The predicted molar refractivity (Wildman–Crippen MR) is 116 cm³/mol. The van der Waals surface area contributed by atoms with E-state index >= 15 is 0 Å². The Balaban J connectivity index is 1.52. The summed E-state index contributed by atoms with van der Waals surface area (Å²) in [6.07, 6.45) is 5.43. The molecule has 30 heavy (non-hydrogen) atoms. The van der Waals surface area contributed by atoms with Crippen molar-refractivity contribution in [1.29, 1.82) is 5.26 Å². The SMILES string of the molecule is N#Cc1cc(-c2cccc3[nH]c(-c4cccnc4)cc23)ccc1OC1CCOCC1. The molecule has 1 N–H and O–H groups in total. The molecule has 2 aromatic heterocycles. The molecule has 0 radical (unpaired) electrons. The van der Waals surface area contributed by atoms with Crippen LogP contribution < -0.4 is 4.74 Å². The molecule has 4 aromatic rings. The lowest BCUT2D eigenvalue weighted by Gasteiger charge is -2.24. The fourth-order valence-corrected chi connectivity index (χ4v) is 3.95. The van der Waals surface area contributed by atoms with E-state index in [4.69, 9.17) is 9.47 Å². The smallest absolute Gasteiger partial charge is 0.137 e. The number of ether oxygens (including phenoxy) is 2. The van der Waals surface area contributed by atoms with Crippen LogP contribution in [-0.4, -0.2) is 29.3 Å². The number of pyridine rings is 1. The number of aromatic amines is 1. The van der Waals surface area contributed by atoms with E-state index < -0.39 is 0 Å². The van der Waals surface area contributed by atoms with Crippen LogP contribution >= 0.6 is 0 Å². The second kappa shape index (κ2) is 8.02. The van der Waals surface area contributed by atoms with E-state index in [1.54, 1.807) is 6.20 Å². The Hall–Kier alpha value is -3.62. The van der Waals surface area contributed by atoms with E-state index in [0.717, 1.165) is 46.1 Å². The van der Waals surface area contributed by atoms with Crippen LogP contribution in [-0.2, 0) is 4.74 Å². The van der Waals surface area contributed by atoms with Crippen molar-refractivity contribution in [1.82, 2.24) is 9.97 Å². The highest BCUT2D eigenvalue weighted by Crippen LogP contribution is 2.34. The lowest BCUT2D eigenvalue weighted by atomic mass is 9.99. The summed E-state index contributed by atoms with van der Waals surface area (Å²) in [6.45, 7) is 1.42. The summed E-state index contributed by atoms with van der Waals surface area (Å²) in [4.78, 5) is 7.69. The summed E-state index contributed by atoms with van der Waals surface area (Å²) in [6, 6.07) is 20.4. The number of hydrogen-bond acceptors (Lipinski definition) is 4. The average Bonchev–Trinajstić information content (AvgIpc) is 3.25. The van der Waals surface area contributed by atoms with Crippen LogP contribution in [0.3, 0.4) is 0 Å². The molecule has 5 heteroatoms. The van der Waals surface area contributed by atoms with Gasteiger partial charge in [0.05, 0.1) is 18.8 Å². The van der Waals surface area contributed by atoms with E-state index in [9.17, 15) is 5.26 Å². The molecule has 5 nitrogen and oxygen atoms in total. The number of nitriles is 1. The molecule has 148 valence electrons. The van der Waals surface area contributed by atoms with E-state index in [1.165, 1.54) is 0 Å². The van der Waals surface area contributed by atoms with E-state index in [2.05, 4.69) is 34.2 Å². The summed E-state index contributed by atoms with van der Waals surface area (Å²) in [5, 5.41) is 10.8. The van der Waals surface area contributed by atoms with Gasteiger partial charge in [0.15, 0.2) is 0 Å². The van der Waals surface area contributed by atoms with Crippen molar-refractivity contribution in [2.45, 2.75) is 18.9 Å². The van der Waals surface area contributed by atoms with Crippen molar-refractivity contribution in [2.75, 3.05) is 13.2 Å². The largest absolute Gasteiger partial charge is 0.489 e. The molecule has 0 aliphatic carbocycles.